The summed E-state index contributed by atoms with van der Waals surface area (Å²) in [5.74, 6) is -0.858. The zero-order chi connectivity index (χ0) is 32.3. The minimum absolute atomic E-state index is 0.00738. The van der Waals surface area contributed by atoms with E-state index in [1.54, 1.807) is 30.3 Å². The number of halogens is 5. The molecule has 0 aromatic heterocycles. The lowest BCUT2D eigenvalue weighted by molar-refractivity contribution is -0.242. The Morgan fingerprint density at radius 3 is 2.41 bits per heavy atom. The molecule has 236 valence electrons. The van der Waals surface area contributed by atoms with E-state index >= 15 is 0 Å². The zero-order valence-corrected chi connectivity index (χ0v) is 24.7. The summed E-state index contributed by atoms with van der Waals surface area (Å²) in [4.78, 5) is 24.2. The number of carbonyl (C=O) groups is 2. The number of nitrogens with zero attached hydrogens (tertiary/aromatic N) is 1. The SMILES string of the molecule is CC(C)(OC(=O)Nc1ccc2c(c1)N(S(=O)(=O)c1ccc(F)c(Cl)c1)C[C@H](CNC(=O)OCc1ccccc1)O2)C(F)(F)F. The number of carbonyl (C=O) groups excluding carboxylic acids is 2. The van der Waals surface area contributed by atoms with Crippen LogP contribution in [-0.2, 0) is 26.1 Å². The van der Waals surface area contributed by atoms with Crippen LogP contribution >= 0.6 is 11.6 Å². The Bertz CT molecular complexity index is 1640. The van der Waals surface area contributed by atoms with E-state index in [9.17, 15) is 35.6 Å². The number of fused-ring (bicyclic) bond motifs is 1. The second kappa shape index (κ2) is 12.8. The minimum atomic E-state index is -4.85. The van der Waals surface area contributed by atoms with Gasteiger partial charge in [0, 0.05) is 5.69 Å². The number of alkyl halides is 3. The van der Waals surface area contributed by atoms with Gasteiger partial charge < -0.3 is 19.5 Å². The van der Waals surface area contributed by atoms with Crippen LogP contribution < -0.4 is 19.7 Å². The van der Waals surface area contributed by atoms with Crippen molar-refractivity contribution in [3.63, 3.8) is 0 Å². The van der Waals surface area contributed by atoms with Gasteiger partial charge in [-0.15, -0.1) is 0 Å². The molecule has 3 aromatic carbocycles. The van der Waals surface area contributed by atoms with Gasteiger partial charge in [-0.1, -0.05) is 41.9 Å². The fourth-order valence-electron chi connectivity index (χ4n) is 3.89. The van der Waals surface area contributed by atoms with Gasteiger partial charge in [-0.05, 0) is 55.8 Å². The van der Waals surface area contributed by atoms with Crippen molar-refractivity contribution in [1.82, 2.24) is 5.32 Å². The van der Waals surface area contributed by atoms with Gasteiger partial charge in [0.2, 0.25) is 5.60 Å². The summed E-state index contributed by atoms with van der Waals surface area (Å²) in [7, 11) is -4.46. The Hall–Kier alpha value is -4.24. The van der Waals surface area contributed by atoms with E-state index in [-0.39, 0.29) is 41.7 Å². The van der Waals surface area contributed by atoms with Crippen molar-refractivity contribution in [2.24, 2.45) is 0 Å². The summed E-state index contributed by atoms with van der Waals surface area (Å²) in [6.07, 6.45) is -8.04. The monoisotopic (exact) mass is 659 g/mol. The molecule has 0 unspecified atom stereocenters. The Morgan fingerprint density at radius 2 is 1.75 bits per heavy atom. The Kier molecular flexibility index (Phi) is 9.49. The highest BCUT2D eigenvalue weighted by Crippen LogP contribution is 2.40. The van der Waals surface area contributed by atoms with Gasteiger partial charge in [0.05, 0.1) is 28.7 Å². The van der Waals surface area contributed by atoms with Gasteiger partial charge in [-0.25, -0.2) is 22.4 Å². The molecule has 2 amide bonds. The second-order valence-corrected chi connectivity index (χ2v) is 12.3. The van der Waals surface area contributed by atoms with E-state index in [0.29, 0.717) is 13.8 Å². The van der Waals surface area contributed by atoms with Crippen LogP contribution in [0.15, 0.2) is 71.6 Å². The summed E-state index contributed by atoms with van der Waals surface area (Å²) >= 11 is 5.83. The predicted molar refractivity (Wildman–Crippen MR) is 152 cm³/mol. The molecule has 10 nitrogen and oxygen atoms in total. The summed E-state index contributed by atoms with van der Waals surface area (Å²) < 4.78 is 97.2. The van der Waals surface area contributed by atoms with Crippen molar-refractivity contribution in [3.8, 4) is 5.75 Å². The molecule has 0 saturated heterocycles. The number of sulfonamides is 1. The van der Waals surface area contributed by atoms with Crippen LogP contribution in [0.5, 0.6) is 5.75 Å². The number of alkyl carbamates (subject to hydrolysis) is 1. The lowest BCUT2D eigenvalue weighted by Gasteiger charge is -2.35. The number of nitrogens with one attached hydrogen (secondary N) is 2. The van der Waals surface area contributed by atoms with Crippen molar-refractivity contribution in [3.05, 3.63) is 83.1 Å². The predicted octanol–water partition coefficient (Wildman–Crippen LogP) is 6.25. The van der Waals surface area contributed by atoms with Gasteiger partial charge in [-0.2, -0.15) is 13.2 Å². The molecule has 0 fully saturated rings. The van der Waals surface area contributed by atoms with Crippen LogP contribution in [0, 0.1) is 5.82 Å². The highest BCUT2D eigenvalue weighted by molar-refractivity contribution is 7.92. The van der Waals surface area contributed by atoms with Crippen LogP contribution in [0.1, 0.15) is 19.4 Å². The third kappa shape index (κ3) is 7.63. The largest absolute Gasteiger partial charge is 0.484 e. The maximum absolute atomic E-state index is 13.8. The first-order chi connectivity index (χ1) is 20.6. The number of amides is 2. The molecule has 1 heterocycles. The molecule has 1 aliphatic heterocycles. The molecule has 16 heteroatoms. The molecule has 0 bridgehead atoms. The number of rotatable bonds is 8. The Morgan fingerprint density at radius 1 is 1.05 bits per heavy atom. The molecular formula is C28H26ClF4N3O7S. The molecule has 0 aliphatic carbocycles. The topological polar surface area (TPSA) is 123 Å². The lowest BCUT2D eigenvalue weighted by atomic mass is 10.1. The average molecular weight is 660 g/mol. The lowest BCUT2D eigenvalue weighted by Crippen LogP contribution is -2.48. The maximum atomic E-state index is 13.8. The number of hydrogen-bond acceptors (Lipinski definition) is 7. The van der Waals surface area contributed by atoms with E-state index < -0.39 is 50.9 Å². The van der Waals surface area contributed by atoms with Crippen molar-refractivity contribution < 1.29 is 49.8 Å². The van der Waals surface area contributed by atoms with Crippen molar-refractivity contribution >= 4 is 45.2 Å². The molecule has 3 aromatic rings. The first-order valence-corrected chi connectivity index (χ1v) is 14.7. The van der Waals surface area contributed by atoms with Crippen LogP contribution in [0.25, 0.3) is 0 Å². The van der Waals surface area contributed by atoms with Gasteiger partial charge in [0.1, 0.15) is 24.3 Å². The van der Waals surface area contributed by atoms with Gasteiger partial charge in [0.15, 0.2) is 0 Å². The zero-order valence-electron chi connectivity index (χ0n) is 23.2. The van der Waals surface area contributed by atoms with Crippen molar-refractivity contribution in [2.75, 3.05) is 22.7 Å². The summed E-state index contributed by atoms with van der Waals surface area (Å²) in [5, 5.41) is 4.20. The average Bonchev–Trinajstić information content (AvgIpc) is 2.95. The number of hydrogen-bond donors (Lipinski definition) is 2. The highest BCUT2D eigenvalue weighted by Gasteiger charge is 2.51. The molecule has 0 radical (unpaired) electrons. The van der Waals surface area contributed by atoms with E-state index in [0.717, 1.165) is 34.1 Å². The normalized spacial score (nSPS) is 15.1. The van der Waals surface area contributed by atoms with E-state index in [2.05, 4.69) is 15.4 Å². The molecule has 44 heavy (non-hydrogen) atoms. The summed E-state index contributed by atoms with van der Waals surface area (Å²) in [6.45, 7) is 0.758. The van der Waals surface area contributed by atoms with Gasteiger partial charge >= 0.3 is 18.4 Å². The van der Waals surface area contributed by atoms with Crippen LogP contribution in [0.3, 0.4) is 0 Å². The first kappa shape index (κ1) is 32.7. The molecule has 1 atom stereocenters. The smallest absolute Gasteiger partial charge is 0.427 e. The highest BCUT2D eigenvalue weighted by atomic mass is 35.5. The minimum Gasteiger partial charge on any atom is -0.484 e. The van der Waals surface area contributed by atoms with E-state index in [1.807, 2.05) is 0 Å². The van der Waals surface area contributed by atoms with Crippen LogP contribution in [0.2, 0.25) is 5.02 Å². The molecule has 0 spiro atoms. The number of benzene rings is 3. The number of ether oxygens (including phenoxy) is 3. The second-order valence-electron chi connectivity index (χ2n) is 10.00. The van der Waals surface area contributed by atoms with Gasteiger partial charge in [-0.3, -0.25) is 9.62 Å². The summed E-state index contributed by atoms with van der Waals surface area (Å²) in [5.41, 5.74) is -2.29. The molecule has 1 aliphatic rings. The quantitative estimate of drug-likeness (QED) is 0.274. The fraction of sp³-hybridized carbons (Fsp3) is 0.286. The van der Waals surface area contributed by atoms with Crippen LogP contribution in [-0.4, -0.2) is 51.6 Å². The van der Waals surface area contributed by atoms with Crippen molar-refractivity contribution in [2.45, 2.75) is 43.2 Å². The molecular weight excluding hydrogens is 634 g/mol. The summed E-state index contributed by atoms with van der Waals surface area (Å²) in [6, 6.07) is 15.3. The Balaban J connectivity index is 1.57. The van der Waals surface area contributed by atoms with E-state index in [4.69, 9.17) is 21.1 Å². The number of anilines is 2. The third-order valence-electron chi connectivity index (χ3n) is 6.33. The Labute approximate surface area is 254 Å². The maximum Gasteiger partial charge on any atom is 0.427 e. The third-order valence-corrected chi connectivity index (χ3v) is 8.40. The van der Waals surface area contributed by atoms with Crippen LogP contribution in [0.4, 0.5) is 38.5 Å². The standard InChI is InChI=1S/C28H26ClF4N3O7S/c1-27(2,28(31,32)33)43-26(38)35-18-8-11-24-23(12-18)36(44(39,40)20-9-10-22(30)21(29)13-20)15-19(42-24)14-34-25(37)41-16-17-6-4-3-5-7-17/h3-13,19H,14-16H2,1-2H3,(H,34,37)(H,35,38)/t19-/m0/s1. The first-order valence-electron chi connectivity index (χ1n) is 12.9. The van der Waals surface area contributed by atoms with Gasteiger partial charge in [0.25, 0.3) is 10.0 Å². The molecule has 0 saturated carbocycles. The fourth-order valence-corrected chi connectivity index (χ4v) is 5.66. The molecule has 4 rings (SSSR count). The van der Waals surface area contributed by atoms with E-state index in [1.165, 1.54) is 12.1 Å². The van der Waals surface area contributed by atoms with Crippen molar-refractivity contribution in [1.29, 1.82) is 0 Å². The molecule has 2 N–H and O–H groups in total.